The van der Waals surface area contributed by atoms with Crippen molar-refractivity contribution in [3.05, 3.63) is 63.6 Å². The van der Waals surface area contributed by atoms with Crippen LogP contribution in [0.3, 0.4) is 0 Å². The van der Waals surface area contributed by atoms with E-state index >= 15 is 0 Å². The molecule has 4 aromatic rings. The Bertz CT molecular complexity index is 1200. The highest BCUT2D eigenvalue weighted by molar-refractivity contribution is 5.91. The fourth-order valence-electron chi connectivity index (χ4n) is 3.01. The molecular formula is C19H19N5O2. The van der Waals surface area contributed by atoms with Gasteiger partial charge in [0.1, 0.15) is 5.82 Å². The van der Waals surface area contributed by atoms with Gasteiger partial charge < -0.3 is 4.57 Å². The molecule has 0 spiro atoms. The zero-order valence-corrected chi connectivity index (χ0v) is 14.6. The molecule has 0 radical (unpaired) electrons. The zero-order chi connectivity index (χ0) is 18.3. The van der Waals surface area contributed by atoms with E-state index in [1.165, 1.54) is 4.57 Å². The molecule has 0 saturated carbocycles. The molecule has 1 N–H and O–H groups in total. The monoisotopic (exact) mass is 349 g/mol. The van der Waals surface area contributed by atoms with Crippen LogP contribution in [0.4, 0.5) is 0 Å². The van der Waals surface area contributed by atoms with Crippen molar-refractivity contribution in [3.63, 3.8) is 0 Å². The molecule has 26 heavy (non-hydrogen) atoms. The molecule has 132 valence electrons. The molecule has 7 nitrogen and oxygen atoms in total. The minimum atomic E-state index is -0.238. The lowest BCUT2D eigenvalue weighted by atomic mass is 10.1. The molecule has 7 heteroatoms. The third-order valence-corrected chi connectivity index (χ3v) is 4.51. The highest BCUT2D eigenvalue weighted by Gasteiger charge is 2.11. The molecule has 4 rings (SSSR count). The number of aromatic nitrogens is 5. The first-order valence-corrected chi connectivity index (χ1v) is 8.60. The van der Waals surface area contributed by atoms with Crippen LogP contribution in [0.2, 0.25) is 0 Å². The Balaban J connectivity index is 1.93. The number of fused-ring (bicyclic) bond motifs is 2. The molecule has 0 aliphatic rings. The van der Waals surface area contributed by atoms with Crippen molar-refractivity contribution >= 4 is 21.8 Å². The average Bonchev–Trinajstić information content (AvgIpc) is 3.15. The van der Waals surface area contributed by atoms with E-state index in [1.807, 2.05) is 6.07 Å². The second kappa shape index (κ2) is 6.25. The summed E-state index contributed by atoms with van der Waals surface area (Å²) in [5, 5.41) is 7.52. The first-order chi connectivity index (χ1) is 12.5. The van der Waals surface area contributed by atoms with E-state index in [0.717, 1.165) is 6.42 Å². The van der Waals surface area contributed by atoms with Gasteiger partial charge in [0.05, 0.1) is 28.0 Å². The van der Waals surface area contributed by atoms with Crippen molar-refractivity contribution < 1.29 is 0 Å². The first-order valence-electron chi connectivity index (χ1n) is 8.60. The molecule has 0 aromatic carbocycles. The molecule has 4 heterocycles. The Morgan fingerprint density at radius 3 is 2.46 bits per heavy atom. The van der Waals surface area contributed by atoms with Gasteiger partial charge in [0.2, 0.25) is 0 Å². The largest absolute Gasteiger partial charge is 0.315 e. The van der Waals surface area contributed by atoms with Crippen LogP contribution in [0.5, 0.6) is 0 Å². The number of H-pyrrole nitrogens is 1. The lowest BCUT2D eigenvalue weighted by Crippen LogP contribution is -2.22. The number of hydrogen-bond donors (Lipinski definition) is 1. The number of nitrogens with one attached hydrogen (secondary N) is 1. The second-order valence-corrected chi connectivity index (χ2v) is 6.78. The van der Waals surface area contributed by atoms with Gasteiger partial charge in [-0.15, -0.1) is 0 Å². The van der Waals surface area contributed by atoms with Crippen LogP contribution in [-0.2, 0) is 6.54 Å². The van der Waals surface area contributed by atoms with Gasteiger partial charge in [-0.1, -0.05) is 13.8 Å². The lowest BCUT2D eigenvalue weighted by molar-refractivity contribution is 0.509. The topological polar surface area (TPSA) is 85.6 Å². The molecule has 0 fully saturated rings. The van der Waals surface area contributed by atoms with E-state index in [4.69, 9.17) is 0 Å². The van der Waals surface area contributed by atoms with Crippen molar-refractivity contribution in [1.82, 2.24) is 24.3 Å². The highest BCUT2D eigenvalue weighted by Crippen LogP contribution is 2.15. The van der Waals surface area contributed by atoms with Crippen LogP contribution in [0.25, 0.3) is 27.6 Å². The van der Waals surface area contributed by atoms with Crippen LogP contribution in [0, 0.1) is 5.92 Å². The van der Waals surface area contributed by atoms with Gasteiger partial charge in [-0.3, -0.25) is 19.3 Å². The number of hydrogen-bond acceptors (Lipinski definition) is 4. The minimum absolute atomic E-state index is 0.117. The highest BCUT2D eigenvalue weighted by atomic mass is 16.1. The Kier molecular flexibility index (Phi) is 3.91. The minimum Gasteiger partial charge on any atom is -0.315 e. The summed E-state index contributed by atoms with van der Waals surface area (Å²) in [5.41, 5.74) is 0.812. The van der Waals surface area contributed by atoms with E-state index in [0.29, 0.717) is 40.1 Å². The molecule has 0 aliphatic carbocycles. The summed E-state index contributed by atoms with van der Waals surface area (Å²) in [6, 6.07) is 6.96. The van der Waals surface area contributed by atoms with Crippen molar-refractivity contribution in [2.24, 2.45) is 5.92 Å². The third-order valence-electron chi connectivity index (χ3n) is 4.51. The summed E-state index contributed by atoms with van der Waals surface area (Å²) in [4.78, 5) is 30.2. The molecule has 0 saturated heterocycles. The van der Waals surface area contributed by atoms with Crippen LogP contribution in [0.15, 0.2) is 52.4 Å². The van der Waals surface area contributed by atoms with Crippen molar-refractivity contribution in [2.75, 3.05) is 0 Å². The Morgan fingerprint density at radius 2 is 1.77 bits per heavy atom. The van der Waals surface area contributed by atoms with E-state index in [1.54, 1.807) is 41.4 Å². The maximum atomic E-state index is 12.8. The molecule has 0 unspecified atom stereocenters. The van der Waals surface area contributed by atoms with Crippen LogP contribution in [0.1, 0.15) is 20.3 Å². The van der Waals surface area contributed by atoms with Crippen molar-refractivity contribution in [1.29, 1.82) is 0 Å². The van der Waals surface area contributed by atoms with Crippen LogP contribution < -0.4 is 11.1 Å². The van der Waals surface area contributed by atoms with Gasteiger partial charge in [0, 0.05) is 25.0 Å². The quantitative estimate of drug-likeness (QED) is 0.574. The summed E-state index contributed by atoms with van der Waals surface area (Å²) in [6.07, 6.45) is 5.93. The number of rotatable bonds is 4. The van der Waals surface area contributed by atoms with Crippen LogP contribution >= 0.6 is 0 Å². The van der Waals surface area contributed by atoms with Gasteiger partial charge in [-0.25, -0.2) is 4.98 Å². The predicted molar refractivity (Wildman–Crippen MR) is 101 cm³/mol. The van der Waals surface area contributed by atoms with Gasteiger partial charge in [-0.05, 0) is 30.5 Å². The number of pyridine rings is 3. The van der Waals surface area contributed by atoms with Crippen molar-refractivity contribution in [3.8, 4) is 5.82 Å². The smallest absolute Gasteiger partial charge is 0.265 e. The predicted octanol–water partition coefficient (Wildman–Crippen LogP) is 2.47. The van der Waals surface area contributed by atoms with Gasteiger partial charge in [0.15, 0.2) is 0 Å². The SMILES string of the molecule is CC(C)CCn1ccc2nc3ccn(-c4ccn[nH]4)c(=O)c3cc2c1=O. The van der Waals surface area contributed by atoms with E-state index in [2.05, 4.69) is 29.0 Å². The summed E-state index contributed by atoms with van der Waals surface area (Å²) >= 11 is 0. The fourth-order valence-corrected chi connectivity index (χ4v) is 3.01. The summed E-state index contributed by atoms with van der Waals surface area (Å²) in [5.74, 6) is 1.08. The van der Waals surface area contributed by atoms with E-state index < -0.39 is 0 Å². The van der Waals surface area contributed by atoms with E-state index in [9.17, 15) is 9.59 Å². The maximum absolute atomic E-state index is 12.8. The normalized spacial score (nSPS) is 11.7. The summed E-state index contributed by atoms with van der Waals surface area (Å²) in [7, 11) is 0. The van der Waals surface area contributed by atoms with Gasteiger partial charge in [0.25, 0.3) is 11.1 Å². The Hall–Kier alpha value is -3.22. The fraction of sp³-hybridized carbons (Fsp3) is 0.263. The number of aryl methyl sites for hydroxylation is 1. The van der Waals surface area contributed by atoms with E-state index in [-0.39, 0.29) is 11.1 Å². The zero-order valence-electron chi connectivity index (χ0n) is 14.6. The maximum Gasteiger partial charge on any atom is 0.265 e. The molecule has 0 atom stereocenters. The van der Waals surface area contributed by atoms with Gasteiger partial charge >= 0.3 is 0 Å². The molecule has 4 aromatic heterocycles. The molecule has 0 aliphatic heterocycles. The third kappa shape index (κ3) is 2.71. The summed E-state index contributed by atoms with van der Waals surface area (Å²) < 4.78 is 3.15. The lowest BCUT2D eigenvalue weighted by Gasteiger charge is -2.10. The average molecular weight is 349 g/mol. The first kappa shape index (κ1) is 16.3. The summed E-state index contributed by atoms with van der Waals surface area (Å²) in [6.45, 7) is 4.90. The molecule has 0 bridgehead atoms. The van der Waals surface area contributed by atoms with Crippen molar-refractivity contribution in [2.45, 2.75) is 26.8 Å². The molecular weight excluding hydrogens is 330 g/mol. The Labute approximate surface area is 148 Å². The molecule has 0 amide bonds. The standard InChI is InChI=1S/C19H19N5O2/c1-12(2)4-8-23-9-5-15-13(18(23)25)11-14-16(21-15)6-10-24(19(14)26)17-3-7-20-22-17/h3,5-7,9-12H,4,8H2,1-2H3,(H,20,22). The van der Waals surface area contributed by atoms with Crippen LogP contribution in [-0.4, -0.2) is 24.3 Å². The Morgan fingerprint density at radius 1 is 1.04 bits per heavy atom. The van der Waals surface area contributed by atoms with Gasteiger partial charge in [-0.2, -0.15) is 5.10 Å². The number of nitrogens with zero attached hydrogens (tertiary/aromatic N) is 4. The number of aromatic amines is 1. The second-order valence-electron chi connectivity index (χ2n) is 6.78.